The Kier molecular flexibility index (Phi) is 4.86. The minimum atomic E-state index is 0.0261. The van der Waals surface area contributed by atoms with Crippen LogP contribution in [0.4, 0.5) is 5.69 Å². The fraction of sp³-hybridized carbons (Fsp3) is 0.400. The molecule has 1 fully saturated rings. The highest BCUT2D eigenvalue weighted by atomic mass is 32.2. The molecule has 1 atom stereocenters. The van der Waals surface area contributed by atoms with Crippen molar-refractivity contribution in [2.24, 2.45) is 5.92 Å². The van der Waals surface area contributed by atoms with Gasteiger partial charge in [-0.2, -0.15) is 5.26 Å². The number of nitriles is 1. The molecule has 0 aromatic heterocycles. The molecule has 5 nitrogen and oxygen atoms in total. The van der Waals surface area contributed by atoms with Gasteiger partial charge in [-0.15, -0.1) is 0 Å². The van der Waals surface area contributed by atoms with Crippen molar-refractivity contribution in [2.75, 3.05) is 24.3 Å². The second kappa shape index (κ2) is 6.64. The van der Waals surface area contributed by atoms with Crippen LogP contribution in [0.25, 0.3) is 0 Å². The van der Waals surface area contributed by atoms with Crippen molar-refractivity contribution >= 4 is 28.5 Å². The van der Waals surface area contributed by atoms with E-state index in [4.69, 9.17) is 10.00 Å². The van der Waals surface area contributed by atoms with Crippen LogP contribution in [0, 0.1) is 17.2 Å². The smallest absolute Gasteiger partial charge is 0.227 e. The van der Waals surface area contributed by atoms with Gasteiger partial charge in [0.15, 0.2) is 5.12 Å². The van der Waals surface area contributed by atoms with Crippen LogP contribution in [0.2, 0.25) is 0 Å². The second-order valence-electron chi connectivity index (χ2n) is 4.87. The zero-order valence-electron chi connectivity index (χ0n) is 12.0. The van der Waals surface area contributed by atoms with Crippen molar-refractivity contribution < 1.29 is 14.3 Å². The van der Waals surface area contributed by atoms with E-state index in [9.17, 15) is 9.59 Å². The number of hydrogen-bond acceptors (Lipinski definition) is 5. The molecule has 1 unspecified atom stereocenters. The molecular formula is C15H16N2O3S. The predicted octanol–water partition coefficient (Wildman–Crippen LogP) is 2.20. The van der Waals surface area contributed by atoms with Crippen LogP contribution in [0.5, 0.6) is 5.75 Å². The van der Waals surface area contributed by atoms with Crippen LogP contribution in [0.15, 0.2) is 18.2 Å². The number of benzene rings is 1. The molecule has 6 heteroatoms. The van der Waals surface area contributed by atoms with E-state index in [0.717, 1.165) is 0 Å². The number of ether oxygens (including phenoxy) is 1. The van der Waals surface area contributed by atoms with Crippen molar-refractivity contribution in [3.63, 3.8) is 0 Å². The Balaban J connectivity index is 2.13. The second-order valence-corrected chi connectivity index (χ2v) is 6.07. The molecule has 0 radical (unpaired) electrons. The highest BCUT2D eigenvalue weighted by Gasteiger charge is 2.31. The number of nitrogens with zero attached hydrogens (tertiary/aromatic N) is 2. The standard InChI is InChI=1S/C15H16N2O3S/c1-10(18)21-9-11-5-15(19)17(8-11)13-3-4-14(20-2)12(6-13)7-16/h3-4,6,11H,5,8-9H2,1-2H3. The largest absolute Gasteiger partial charge is 0.495 e. The van der Waals surface area contributed by atoms with Gasteiger partial charge in [0.25, 0.3) is 0 Å². The molecule has 1 heterocycles. The average molecular weight is 304 g/mol. The third-order valence-corrected chi connectivity index (χ3v) is 4.39. The molecular weight excluding hydrogens is 288 g/mol. The number of methoxy groups -OCH3 is 1. The normalized spacial score (nSPS) is 17.7. The van der Waals surface area contributed by atoms with E-state index >= 15 is 0 Å². The van der Waals surface area contributed by atoms with Gasteiger partial charge in [0.2, 0.25) is 5.91 Å². The summed E-state index contributed by atoms with van der Waals surface area (Å²) in [6.07, 6.45) is 0.439. The molecule has 0 bridgehead atoms. The minimum Gasteiger partial charge on any atom is -0.495 e. The summed E-state index contributed by atoms with van der Waals surface area (Å²) in [5, 5.41) is 9.17. The fourth-order valence-corrected chi connectivity index (χ4v) is 3.02. The van der Waals surface area contributed by atoms with E-state index in [2.05, 4.69) is 6.07 Å². The Morgan fingerprint density at radius 1 is 1.57 bits per heavy atom. The summed E-state index contributed by atoms with van der Waals surface area (Å²) in [6.45, 7) is 2.11. The summed E-state index contributed by atoms with van der Waals surface area (Å²) < 4.78 is 5.10. The lowest BCUT2D eigenvalue weighted by Crippen LogP contribution is -2.24. The van der Waals surface area contributed by atoms with E-state index in [1.54, 1.807) is 23.1 Å². The zero-order chi connectivity index (χ0) is 15.4. The average Bonchev–Trinajstić information content (AvgIpc) is 2.85. The summed E-state index contributed by atoms with van der Waals surface area (Å²) in [5.74, 6) is 1.34. The van der Waals surface area contributed by atoms with Crippen LogP contribution in [-0.2, 0) is 9.59 Å². The number of anilines is 1. The lowest BCUT2D eigenvalue weighted by atomic mass is 10.1. The topological polar surface area (TPSA) is 70.4 Å². The van der Waals surface area contributed by atoms with Gasteiger partial charge in [0, 0.05) is 31.3 Å². The first-order chi connectivity index (χ1) is 10.0. The van der Waals surface area contributed by atoms with Crippen molar-refractivity contribution in [2.45, 2.75) is 13.3 Å². The monoisotopic (exact) mass is 304 g/mol. The van der Waals surface area contributed by atoms with Gasteiger partial charge in [-0.25, -0.2) is 0 Å². The SMILES string of the molecule is COc1ccc(N2CC(CSC(C)=O)CC2=O)cc1C#N. The number of rotatable bonds is 4. The number of carbonyl (C=O) groups excluding carboxylic acids is 2. The summed E-state index contributed by atoms with van der Waals surface area (Å²) in [5.41, 5.74) is 1.11. The maximum absolute atomic E-state index is 12.1. The number of carbonyl (C=O) groups is 2. The molecule has 1 amide bonds. The van der Waals surface area contributed by atoms with Crippen LogP contribution >= 0.6 is 11.8 Å². The maximum atomic E-state index is 12.1. The quantitative estimate of drug-likeness (QED) is 0.853. The van der Waals surface area contributed by atoms with E-state index in [-0.39, 0.29) is 16.9 Å². The third-order valence-electron chi connectivity index (χ3n) is 3.34. The zero-order valence-corrected chi connectivity index (χ0v) is 12.8. The van der Waals surface area contributed by atoms with Crippen molar-refractivity contribution in [1.29, 1.82) is 5.26 Å². The summed E-state index contributed by atoms with van der Waals surface area (Å²) in [7, 11) is 1.51. The minimum absolute atomic E-state index is 0.0261. The Labute approximate surface area is 127 Å². The van der Waals surface area contributed by atoms with Crippen LogP contribution < -0.4 is 9.64 Å². The molecule has 1 aromatic carbocycles. The molecule has 110 valence electrons. The lowest BCUT2D eigenvalue weighted by molar-refractivity contribution is -0.117. The Morgan fingerprint density at radius 2 is 2.33 bits per heavy atom. The summed E-state index contributed by atoms with van der Waals surface area (Å²) in [6, 6.07) is 7.20. The number of hydrogen-bond donors (Lipinski definition) is 0. The van der Waals surface area contributed by atoms with Crippen molar-refractivity contribution in [3.8, 4) is 11.8 Å². The Hall–Kier alpha value is -2.00. The van der Waals surface area contributed by atoms with E-state index in [1.807, 2.05) is 0 Å². The molecule has 1 aromatic rings. The maximum Gasteiger partial charge on any atom is 0.227 e. The number of thioether (sulfide) groups is 1. The lowest BCUT2D eigenvalue weighted by Gasteiger charge is -2.17. The van der Waals surface area contributed by atoms with Gasteiger partial charge in [-0.05, 0) is 24.1 Å². The molecule has 2 rings (SSSR count). The van der Waals surface area contributed by atoms with E-state index in [1.165, 1.54) is 25.8 Å². The molecule has 0 spiro atoms. The van der Waals surface area contributed by atoms with Crippen molar-refractivity contribution in [1.82, 2.24) is 0 Å². The molecule has 0 N–H and O–H groups in total. The van der Waals surface area contributed by atoms with Gasteiger partial charge < -0.3 is 9.64 Å². The van der Waals surface area contributed by atoms with Crippen LogP contribution in [-0.4, -0.2) is 30.4 Å². The first-order valence-corrected chi connectivity index (χ1v) is 7.55. The van der Waals surface area contributed by atoms with Gasteiger partial charge in [-0.1, -0.05) is 11.8 Å². The fourth-order valence-electron chi connectivity index (χ4n) is 2.33. The predicted molar refractivity (Wildman–Crippen MR) is 81.3 cm³/mol. The van der Waals surface area contributed by atoms with E-state index < -0.39 is 0 Å². The molecule has 21 heavy (non-hydrogen) atoms. The Bertz CT molecular complexity index is 609. The van der Waals surface area contributed by atoms with Crippen LogP contribution in [0.1, 0.15) is 18.9 Å². The summed E-state index contributed by atoms with van der Waals surface area (Å²) in [4.78, 5) is 24.8. The molecule has 1 aliphatic rings. The van der Waals surface area contributed by atoms with Gasteiger partial charge in [0.1, 0.15) is 11.8 Å². The van der Waals surface area contributed by atoms with Gasteiger partial charge in [0.05, 0.1) is 12.7 Å². The number of amides is 1. The van der Waals surface area contributed by atoms with Gasteiger partial charge in [-0.3, -0.25) is 9.59 Å². The highest BCUT2D eigenvalue weighted by Crippen LogP contribution is 2.30. The first kappa shape index (κ1) is 15.4. The molecule has 0 saturated carbocycles. The summed E-state index contributed by atoms with van der Waals surface area (Å²) >= 11 is 1.25. The third kappa shape index (κ3) is 3.56. The molecule has 1 saturated heterocycles. The molecule has 0 aliphatic carbocycles. The first-order valence-electron chi connectivity index (χ1n) is 6.57. The Morgan fingerprint density at radius 3 is 2.95 bits per heavy atom. The van der Waals surface area contributed by atoms with E-state index in [0.29, 0.717) is 35.7 Å². The highest BCUT2D eigenvalue weighted by molar-refractivity contribution is 8.13. The van der Waals surface area contributed by atoms with Crippen LogP contribution in [0.3, 0.4) is 0 Å². The van der Waals surface area contributed by atoms with Crippen molar-refractivity contribution in [3.05, 3.63) is 23.8 Å². The van der Waals surface area contributed by atoms with Gasteiger partial charge >= 0.3 is 0 Å². The molecule has 1 aliphatic heterocycles.